The highest BCUT2D eigenvalue weighted by Gasteiger charge is 2.40. The summed E-state index contributed by atoms with van der Waals surface area (Å²) in [7, 11) is -1.26. The second kappa shape index (κ2) is 12.1. The predicted molar refractivity (Wildman–Crippen MR) is 136 cm³/mol. The van der Waals surface area contributed by atoms with Crippen LogP contribution in [0.4, 0.5) is 35.5 Å². The first-order valence-electron chi connectivity index (χ1n) is 12.5. The van der Waals surface area contributed by atoms with Gasteiger partial charge < -0.3 is 14.9 Å². The molecule has 0 aromatic heterocycles. The second-order valence-electron chi connectivity index (χ2n) is 10.00. The number of halogens is 7. The molecule has 2 atom stereocenters. The number of likely N-dealkylation sites (tertiary alicyclic amines) is 1. The molecule has 1 aliphatic rings. The number of benzene rings is 2. The fraction of sp³-hybridized carbons (Fsp3) is 0.500. The van der Waals surface area contributed by atoms with E-state index in [-0.39, 0.29) is 31.0 Å². The molecule has 0 unspecified atom stereocenters. The van der Waals surface area contributed by atoms with Crippen LogP contribution in [-0.4, -0.2) is 72.7 Å². The van der Waals surface area contributed by atoms with Crippen LogP contribution in [0.5, 0.6) is 0 Å². The molecular formula is C26H30F7N3O4S. The Morgan fingerprint density at radius 2 is 1.61 bits per heavy atom. The van der Waals surface area contributed by atoms with E-state index in [0.29, 0.717) is 23.3 Å². The largest absolute Gasteiger partial charge is 0.416 e. The van der Waals surface area contributed by atoms with Crippen molar-refractivity contribution in [2.45, 2.75) is 50.7 Å². The molecule has 2 amide bonds. The Morgan fingerprint density at radius 1 is 1.02 bits per heavy atom. The molecule has 0 aliphatic carbocycles. The van der Waals surface area contributed by atoms with Crippen molar-refractivity contribution in [1.82, 2.24) is 14.1 Å². The number of urea groups is 1. The van der Waals surface area contributed by atoms with Crippen molar-refractivity contribution >= 4 is 16.1 Å². The lowest BCUT2D eigenvalue weighted by molar-refractivity contribution is -0.143. The molecule has 1 N–H and O–H groups in total. The number of hydrogen-bond donors (Lipinski definition) is 1. The number of carbonyl (C=O) groups excluding carboxylic acids is 1. The number of aryl methyl sites for hydroxylation is 1. The minimum absolute atomic E-state index is 0.00474. The van der Waals surface area contributed by atoms with Gasteiger partial charge in [0.15, 0.2) is 0 Å². The molecule has 1 fully saturated rings. The van der Waals surface area contributed by atoms with Crippen molar-refractivity contribution in [2.24, 2.45) is 0 Å². The van der Waals surface area contributed by atoms with Crippen LogP contribution in [0.15, 0.2) is 36.4 Å². The van der Waals surface area contributed by atoms with Crippen LogP contribution in [0, 0.1) is 12.7 Å². The quantitative estimate of drug-likeness (QED) is 0.437. The molecule has 0 bridgehead atoms. The summed E-state index contributed by atoms with van der Waals surface area (Å²) in [5.74, 6) is -1.05. The van der Waals surface area contributed by atoms with E-state index < -0.39 is 76.3 Å². The highest BCUT2D eigenvalue weighted by molar-refractivity contribution is 7.89. The standard InChI is InChI=1S/C26H30F7N3O4S/c1-16-10-20(27)4-5-22(16)23-14-21(35(3)41(39,40)9-8-37)6-7-36(23)24(38)34(2)15-17-11-18(25(28,29)30)13-19(12-17)26(31,32)33/h4-5,10-13,21,23,37H,6-9,14-15H2,1-3H3/t21-,23+/m0/s1. The Morgan fingerprint density at radius 3 is 2.12 bits per heavy atom. The van der Waals surface area contributed by atoms with Gasteiger partial charge in [-0.2, -0.15) is 26.3 Å². The summed E-state index contributed by atoms with van der Waals surface area (Å²) in [5.41, 5.74) is -2.43. The molecule has 3 rings (SSSR count). The summed E-state index contributed by atoms with van der Waals surface area (Å²) in [4.78, 5) is 15.9. The third-order valence-electron chi connectivity index (χ3n) is 7.11. The van der Waals surface area contributed by atoms with E-state index in [1.54, 1.807) is 6.92 Å². The molecule has 0 spiro atoms. The summed E-state index contributed by atoms with van der Waals surface area (Å²) in [6, 6.07) is 2.85. The van der Waals surface area contributed by atoms with Crippen molar-refractivity contribution in [3.8, 4) is 0 Å². The molecule has 228 valence electrons. The number of alkyl halides is 6. The number of amides is 2. The van der Waals surface area contributed by atoms with E-state index in [9.17, 15) is 43.9 Å². The van der Waals surface area contributed by atoms with E-state index in [4.69, 9.17) is 5.11 Å². The molecular weight excluding hydrogens is 583 g/mol. The van der Waals surface area contributed by atoms with Gasteiger partial charge in [-0.25, -0.2) is 21.9 Å². The number of aliphatic hydroxyl groups excluding tert-OH is 1. The Labute approximate surface area is 233 Å². The minimum Gasteiger partial charge on any atom is -0.395 e. The van der Waals surface area contributed by atoms with Gasteiger partial charge in [-0.05, 0) is 66.8 Å². The van der Waals surface area contributed by atoms with Crippen molar-refractivity contribution in [1.29, 1.82) is 0 Å². The number of rotatable bonds is 7. The topological polar surface area (TPSA) is 81.2 Å². The van der Waals surface area contributed by atoms with Crippen LogP contribution in [0.1, 0.15) is 46.7 Å². The zero-order chi connectivity index (χ0) is 30.9. The first kappa shape index (κ1) is 32.6. The summed E-state index contributed by atoms with van der Waals surface area (Å²) >= 11 is 0. The summed E-state index contributed by atoms with van der Waals surface area (Å²) in [6.07, 6.45) is -9.85. The first-order chi connectivity index (χ1) is 18.8. The van der Waals surface area contributed by atoms with Gasteiger partial charge in [0.05, 0.1) is 29.5 Å². The fourth-order valence-electron chi connectivity index (χ4n) is 4.97. The molecule has 1 heterocycles. The molecule has 0 radical (unpaired) electrons. The molecule has 2 aromatic carbocycles. The van der Waals surface area contributed by atoms with Crippen LogP contribution >= 0.6 is 0 Å². The Bertz CT molecular complexity index is 1330. The predicted octanol–water partition coefficient (Wildman–Crippen LogP) is 5.18. The lowest BCUT2D eigenvalue weighted by atomic mass is 9.89. The van der Waals surface area contributed by atoms with Gasteiger partial charge in [0.2, 0.25) is 10.0 Å². The zero-order valence-electron chi connectivity index (χ0n) is 22.4. The van der Waals surface area contributed by atoms with Gasteiger partial charge in [-0.3, -0.25) is 0 Å². The van der Waals surface area contributed by atoms with E-state index >= 15 is 0 Å². The molecule has 2 aromatic rings. The molecule has 41 heavy (non-hydrogen) atoms. The SMILES string of the molecule is Cc1cc(F)ccc1[C@H]1C[C@@H](N(C)S(=O)(=O)CCO)CCN1C(=O)N(C)Cc1cc(C(F)(F)F)cc(C(F)(F)F)c1. The van der Waals surface area contributed by atoms with Crippen LogP contribution in [0.3, 0.4) is 0 Å². The molecule has 1 saturated heterocycles. The van der Waals surface area contributed by atoms with Gasteiger partial charge in [-0.15, -0.1) is 0 Å². The minimum atomic E-state index is -5.05. The molecule has 7 nitrogen and oxygen atoms in total. The average Bonchev–Trinajstić information content (AvgIpc) is 2.86. The summed E-state index contributed by atoms with van der Waals surface area (Å²) in [6.45, 7) is 0.416. The van der Waals surface area contributed by atoms with Gasteiger partial charge in [-0.1, -0.05) is 6.07 Å². The average molecular weight is 614 g/mol. The Balaban J connectivity index is 1.94. The van der Waals surface area contributed by atoms with Gasteiger partial charge in [0.25, 0.3) is 0 Å². The third-order valence-corrected chi connectivity index (χ3v) is 8.98. The second-order valence-corrected chi connectivity index (χ2v) is 12.1. The Hall–Kier alpha value is -2.91. The molecule has 15 heteroatoms. The maximum absolute atomic E-state index is 13.9. The number of piperidine rings is 1. The summed E-state index contributed by atoms with van der Waals surface area (Å²) in [5, 5.41) is 9.14. The third kappa shape index (κ3) is 7.68. The van der Waals surface area contributed by atoms with Gasteiger partial charge in [0.1, 0.15) is 5.82 Å². The lowest BCUT2D eigenvalue weighted by Crippen LogP contribution is -2.52. The van der Waals surface area contributed by atoms with Crippen molar-refractivity contribution < 1.29 is 49.1 Å². The number of nitrogens with zero attached hydrogens (tertiary/aromatic N) is 3. The normalized spacial score (nSPS) is 18.6. The van der Waals surface area contributed by atoms with Crippen molar-refractivity contribution in [2.75, 3.05) is 33.0 Å². The number of sulfonamides is 1. The van der Waals surface area contributed by atoms with Crippen LogP contribution in [-0.2, 0) is 28.9 Å². The van der Waals surface area contributed by atoms with E-state index in [1.807, 2.05) is 0 Å². The number of carbonyl (C=O) groups is 1. The highest BCUT2D eigenvalue weighted by Crippen LogP contribution is 2.38. The van der Waals surface area contributed by atoms with Crippen LogP contribution in [0.2, 0.25) is 0 Å². The lowest BCUT2D eigenvalue weighted by Gasteiger charge is -2.44. The fourth-order valence-corrected chi connectivity index (χ4v) is 6.14. The van der Waals surface area contributed by atoms with E-state index in [0.717, 1.165) is 9.21 Å². The smallest absolute Gasteiger partial charge is 0.395 e. The molecule has 1 aliphatic heterocycles. The number of aliphatic hydroxyl groups is 1. The Kier molecular flexibility index (Phi) is 9.65. The monoisotopic (exact) mass is 613 g/mol. The highest BCUT2D eigenvalue weighted by atomic mass is 32.2. The van der Waals surface area contributed by atoms with Crippen LogP contribution in [0.25, 0.3) is 0 Å². The van der Waals surface area contributed by atoms with Crippen LogP contribution < -0.4 is 0 Å². The van der Waals surface area contributed by atoms with E-state index in [1.165, 1.54) is 37.2 Å². The molecule has 0 saturated carbocycles. The van der Waals surface area contributed by atoms with Gasteiger partial charge >= 0.3 is 18.4 Å². The summed E-state index contributed by atoms with van der Waals surface area (Å²) < 4.78 is 120. The van der Waals surface area contributed by atoms with Crippen molar-refractivity contribution in [3.05, 3.63) is 70.0 Å². The van der Waals surface area contributed by atoms with Crippen molar-refractivity contribution in [3.63, 3.8) is 0 Å². The first-order valence-corrected chi connectivity index (χ1v) is 14.1. The maximum Gasteiger partial charge on any atom is 0.416 e. The maximum atomic E-state index is 13.9. The van der Waals surface area contributed by atoms with E-state index in [2.05, 4.69) is 0 Å². The van der Waals surface area contributed by atoms with Gasteiger partial charge in [0, 0.05) is 33.2 Å². The number of hydrogen-bond acceptors (Lipinski definition) is 4. The zero-order valence-corrected chi connectivity index (χ0v) is 23.2.